The zero-order valence-corrected chi connectivity index (χ0v) is 8.24. The van der Waals surface area contributed by atoms with E-state index < -0.39 is 0 Å². The van der Waals surface area contributed by atoms with Crippen molar-refractivity contribution in [2.75, 3.05) is 5.73 Å². The van der Waals surface area contributed by atoms with Crippen LogP contribution in [0.25, 0.3) is 11.5 Å². The van der Waals surface area contributed by atoms with E-state index in [0.29, 0.717) is 11.6 Å². The second-order valence-electron chi connectivity index (χ2n) is 3.33. The van der Waals surface area contributed by atoms with Crippen molar-refractivity contribution in [1.29, 1.82) is 0 Å². The summed E-state index contributed by atoms with van der Waals surface area (Å²) < 4.78 is 5.32. The second kappa shape index (κ2) is 3.18. The van der Waals surface area contributed by atoms with Gasteiger partial charge in [0, 0.05) is 5.69 Å². The number of nitrogens with two attached hydrogens (primary N) is 1. The topological polar surface area (TPSA) is 52.0 Å². The van der Waals surface area contributed by atoms with Crippen LogP contribution < -0.4 is 5.73 Å². The van der Waals surface area contributed by atoms with Crippen LogP contribution in [0.1, 0.15) is 11.3 Å². The molecule has 0 saturated carbocycles. The highest BCUT2D eigenvalue weighted by molar-refractivity contribution is 5.73. The van der Waals surface area contributed by atoms with Crippen LogP contribution in [0, 0.1) is 13.8 Å². The molecule has 0 radical (unpaired) electrons. The van der Waals surface area contributed by atoms with E-state index in [-0.39, 0.29) is 0 Å². The Balaban J connectivity index is 2.61. The smallest absolute Gasteiger partial charge is 0.228 e. The molecule has 2 N–H and O–H groups in total. The van der Waals surface area contributed by atoms with Crippen molar-refractivity contribution >= 4 is 5.69 Å². The number of aryl methyl sites for hydroxylation is 2. The highest BCUT2D eigenvalue weighted by Crippen LogP contribution is 2.28. The fourth-order valence-corrected chi connectivity index (χ4v) is 1.45. The molecule has 0 aliphatic heterocycles. The van der Waals surface area contributed by atoms with E-state index in [4.69, 9.17) is 10.2 Å². The Hall–Kier alpha value is -1.77. The summed E-state index contributed by atoms with van der Waals surface area (Å²) in [6, 6.07) is 5.76. The molecule has 0 aliphatic rings. The standard InChI is InChI=1S/C11H12N2O/c1-7-4-3-5-9(12)10(7)11-13-8(2)6-14-11/h3-6H,12H2,1-2H3. The van der Waals surface area contributed by atoms with Gasteiger partial charge < -0.3 is 10.2 Å². The van der Waals surface area contributed by atoms with Gasteiger partial charge in [0.25, 0.3) is 0 Å². The number of nitrogen functional groups attached to an aromatic ring is 1. The van der Waals surface area contributed by atoms with Crippen LogP contribution in [-0.4, -0.2) is 4.98 Å². The summed E-state index contributed by atoms with van der Waals surface area (Å²) in [5.74, 6) is 0.595. The Labute approximate surface area is 82.6 Å². The highest BCUT2D eigenvalue weighted by Gasteiger charge is 2.10. The first-order valence-electron chi connectivity index (χ1n) is 4.46. The van der Waals surface area contributed by atoms with Gasteiger partial charge in [-0.05, 0) is 25.5 Å². The number of benzene rings is 1. The Morgan fingerprint density at radius 1 is 1.29 bits per heavy atom. The molecule has 0 bridgehead atoms. The Morgan fingerprint density at radius 3 is 2.64 bits per heavy atom. The fourth-order valence-electron chi connectivity index (χ4n) is 1.45. The maximum atomic E-state index is 5.86. The number of nitrogens with zero attached hydrogens (tertiary/aromatic N) is 1. The monoisotopic (exact) mass is 188 g/mol. The van der Waals surface area contributed by atoms with Gasteiger partial charge in [-0.3, -0.25) is 0 Å². The molecule has 72 valence electrons. The minimum atomic E-state index is 0.595. The van der Waals surface area contributed by atoms with E-state index >= 15 is 0 Å². The molecule has 14 heavy (non-hydrogen) atoms. The van der Waals surface area contributed by atoms with Gasteiger partial charge >= 0.3 is 0 Å². The van der Waals surface area contributed by atoms with Crippen molar-refractivity contribution in [1.82, 2.24) is 4.98 Å². The number of aromatic nitrogens is 1. The molecular formula is C11H12N2O. The lowest BCUT2D eigenvalue weighted by molar-refractivity contribution is 0.573. The van der Waals surface area contributed by atoms with Gasteiger partial charge in [0.2, 0.25) is 5.89 Å². The van der Waals surface area contributed by atoms with Gasteiger partial charge in [0.05, 0.1) is 11.3 Å². The van der Waals surface area contributed by atoms with E-state index in [0.717, 1.165) is 16.8 Å². The van der Waals surface area contributed by atoms with Gasteiger partial charge in [-0.25, -0.2) is 4.98 Å². The Kier molecular flexibility index (Phi) is 2.00. The number of oxazole rings is 1. The summed E-state index contributed by atoms with van der Waals surface area (Å²) in [6.45, 7) is 3.88. The lowest BCUT2D eigenvalue weighted by atomic mass is 10.1. The van der Waals surface area contributed by atoms with Crippen LogP contribution in [0.15, 0.2) is 28.9 Å². The van der Waals surface area contributed by atoms with Crippen LogP contribution in [-0.2, 0) is 0 Å². The van der Waals surface area contributed by atoms with Gasteiger partial charge in [-0.15, -0.1) is 0 Å². The molecule has 0 amide bonds. The lowest BCUT2D eigenvalue weighted by Gasteiger charge is -2.04. The van der Waals surface area contributed by atoms with Crippen LogP contribution >= 0.6 is 0 Å². The number of hydrogen-bond acceptors (Lipinski definition) is 3. The van der Waals surface area contributed by atoms with E-state index in [1.807, 2.05) is 32.0 Å². The van der Waals surface area contributed by atoms with Crippen molar-refractivity contribution in [2.24, 2.45) is 0 Å². The molecule has 0 saturated heterocycles. The quantitative estimate of drug-likeness (QED) is 0.699. The van der Waals surface area contributed by atoms with Crippen molar-refractivity contribution in [3.05, 3.63) is 35.7 Å². The number of hydrogen-bond donors (Lipinski definition) is 1. The van der Waals surface area contributed by atoms with Crippen molar-refractivity contribution < 1.29 is 4.42 Å². The summed E-state index contributed by atoms with van der Waals surface area (Å²) >= 11 is 0. The molecule has 2 aromatic rings. The van der Waals surface area contributed by atoms with Crippen LogP contribution in [0.2, 0.25) is 0 Å². The third-order valence-electron chi connectivity index (χ3n) is 2.14. The molecule has 1 heterocycles. The molecule has 0 unspecified atom stereocenters. The molecule has 3 heteroatoms. The number of anilines is 1. The normalized spacial score (nSPS) is 10.4. The SMILES string of the molecule is Cc1coc(-c2c(C)cccc2N)n1. The zero-order chi connectivity index (χ0) is 10.1. The maximum Gasteiger partial charge on any atom is 0.228 e. The average Bonchev–Trinajstić information content (AvgIpc) is 2.51. The summed E-state index contributed by atoms with van der Waals surface area (Å²) in [5, 5.41) is 0. The maximum absolute atomic E-state index is 5.86. The first kappa shape index (κ1) is 8.81. The first-order valence-corrected chi connectivity index (χ1v) is 4.46. The van der Waals surface area contributed by atoms with Crippen LogP contribution in [0.4, 0.5) is 5.69 Å². The summed E-state index contributed by atoms with van der Waals surface area (Å²) in [6.07, 6.45) is 1.63. The molecule has 2 rings (SSSR count). The van der Waals surface area contributed by atoms with E-state index in [1.54, 1.807) is 6.26 Å². The molecule has 0 spiro atoms. The van der Waals surface area contributed by atoms with Crippen LogP contribution in [0.3, 0.4) is 0 Å². The lowest BCUT2D eigenvalue weighted by Crippen LogP contribution is -1.92. The van der Waals surface area contributed by atoms with Gasteiger partial charge in [-0.1, -0.05) is 12.1 Å². The summed E-state index contributed by atoms with van der Waals surface area (Å²) in [4.78, 5) is 4.26. The largest absolute Gasteiger partial charge is 0.444 e. The third kappa shape index (κ3) is 1.37. The first-order chi connectivity index (χ1) is 6.68. The second-order valence-corrected chi connectivity index (χ2v) is 3.33. The molecule has 0 fully saturated rings. The Bertz CT molecular complexity index is 440. The van der Waals surface area contributed by atoms with Gasteiger partial charge in [0.15, 0.2) is 0 Å². The van der Waals surface area contributed by atoms with E-state index in [2.05, 4.69) is 4.98 Å². The van der Waals surface area contributed by atoms with Crippen molar-refractivity contribution in [3.8, 4) is 11.5 Å². The number of rotatable bonds is 1. The molecule has 0 aliphatic carbocycles. The van der Waals surface area contributed by atoms with Crippen molar-refractivity contribution in [3.63, 3.8) is 0 Å². The summed E-state index contributed by atoms with van der Waals surface area (Å²) in [7, 11) is 0. The average molecular weight is 188 g/mol. The molecular weight excluding hydrogens is 176 g/mol. The third-order valence-corrected chi connectivity index (χ3v) is 2.14. The summed E-state index contributed by atoms with van der Waals surface area (Å²) in [5.41, 5.74) is 9.39. The van der Waals surface area contributed by atoms with Gasteiger partial charge in [0.1, 0.15) is 6.26 Å². The van der Waals surface area contributed by atoms with E-state index in [1.165, 1.54) is 0 Å². The highest BCUT2D eigenvalue weighted by atomic mass is 16.3. The predicted octanol–water partition coefficient (Wildman–Crippen LogP) is 2.54. The molecule has 1 aromatic heterocycles. The molecule has 1 aromatic carbocycles. The van der Waals surface area contributed by atoms with Crippen LogP contribution in [0.5, 0.6) is 0 Å². The fraction of sp³-hybridized carbons (Fsp3) is 0.182. The molecule has 0 atom stereocenters. The molecule has 3 nitrogen and oxygen atoms in total. The minimum absolute atomic E-state index is 0.595. The van der Waals surface area contributed by atoms with Crippen molar-refractivity contribution in [2.45, 2.75) is 13.8 Å². The zero-order valence-electron chi connectivity index (χ0n) is 8.24. The van der Waals surface area contributed by atoms with Gasteiger partial charge in [-0.2, -0.15) is 0 Å². The minimum Gasteiger partial charge on any atom is -0.444 e. The Morgan fingerprint density at radius 2 is 2.07 bits per heavy atom. The predicted molar refractivity (Wildman–Crippen MR) is 55.8 cm³/mol. The van der Waals surface area contributed by atoms with E-state index in [9.17, 15) is 0 Å².